The number of hydrogen-bond donors (Lipinski definition) is 2. The van der Waals surface area contributed by atoms with E-state index in [9.17, 15) is 5.26 Å². The molecule has 0 spiro atoms. The molecule has 0 saturated carbocycles. The molecule has 9 heteroatoms. The molecule has 1 fully saturated rings. The minimum Gasteiger partial charge on any atom is -0.463 e. The molecule has 6 rings (SSSR count). The highest BCUT2D eigenvalue weighted by Crippen LogP contribution is 2.41. The lowest BCUT2D eigenvalue weighted by Gasteiger charge is -2.29. The van der Waals surface area contributed by atoms with Gasteiger partial charge in [0.05, 0.1) is 27.6 Å². The molecule has 8 nitrogen and oxygen atoms in total. The fraction of sp³-hybridized carbons (Fsp3) is 0.167. The second-order valence-electron chi connectivity index (χ2n) is 7.75. The average Bonchev–Trinajstić information content (AvgIpc) is 3.65. The molecule has 5 heterocycles. The fourth-order valence-electron chi connectivity index (χ4n) is 4.32. The van der Waals surface area contributed by atoms with E-state index < -0.39 is 0 Å². The molecule has 0 atom stereocenters. The zero-order valence-corrected chi connectivity index (χ0v) is 18.4. The Morgan fingerprint density at radius 2 is 1.97 bits per heavy atom. The van der Waals surface area contributed by atoms with Crippen molar-refractivity contribution in [3.63, 3.8) is 0 Å². The van der Waals surface area contributed by atoms with Crippen LogP contribution < -0.4 is 10.2 Å². The van der Waals surface area contributed by atoms with E-state index in [2.05, 4.69) is 55.7 Å². The highest BCUT2D eigenvalue weighted by Gasteiger charge is 2.24. The summed E-state index contributed by atoms with van der Waals surface area (Å²) < 4.78 is 5.65. The van der Waals surface area contributed by atoms with Crippen molar-refractivity contribution < 1.29 is 4.42 Å². The lowest BCUT2D eigenvalue weighted by molar-refractivity contribution is 0.580. The molecule has 1 aromatic carbocycles. The van der Waals surface area contributed by atoms with Gasteiger partial charge in [-0.3, -0.25) is 10.1 Å². The number of nitrogens with zero attached hydrogens (tertiary/aromatic N) is 5. The van der Waals surface area contributed by atoms with E-state index in [1.807, 2.05) is 12.1 Å². The summed E-state index contributed by atoms with van der Waals surface area (Å²) in [4.78, 5) is 12.1. The Labute approximate surface area is 193 Å². The Morgan fingerprint density at radius 3 is 2.67 bits per heavy atom. The topological polar surface area (TPSA) is 107 Å². The summed E-state index contributed by atoms with van der Waals surface area (Å²) in [7, 11) is 0. The fourth-order valence-corrected chi connectivity index (χ4v) is 4.94. The summed E-state index contributed by atoms with van der Waals surface area (Å²) in [6.07, 6.45) is 3.35. The highest BCUT2D eigenvalue weighted by molar-refractivity contribution is 7.13. The molecule has 33 heavy (non-hydrogen) atoms. The zero-order chi connectivity index (χ0) is 22.2. The molecule has 0 amide bonds. The third-order valence-corrected chi connectivity index (χ3v) is 6.66. The highest BCUT2D eigenvalue weighted by atomic mass is 32.1. The van der Waals surface area contributed by atoms with E-state index in [-0.39, 0.29) is 0 Å². The van der Waals surface area contributed by atoms with Crippen LogP contribution in [0.25, 0.3) is 44.2 Å². The molecule has 0 radical (unpaired) electrons. The van der Waals surface area contributed by atoms with E-state index in [4.69, 9.17) is 9.40 Å². The number of piperazine rings is 1. The van der Waals surface area contributed by atoms with Crippen LogP contribution in [0.15, 0.2) is 58.8 Å². The normalized spacial score (nSPS) is 14.0. The molecule has 162 valence electrons. The SMILES string of the molecule is N#Cc1c(-c2cncs2)nc2n[nH]c(-c3ccco3)c2c1-c1ccc(N2CCNCC2)cc1. The van der Waals surface area contributed by atoms with Crippen LogP contribution in [-0.4, -0.2) is 46.3 Å². The first-order valence-electron chi connectivity index (χ1n) is 10.6. The van der Waals surface area contributed by atoms with Crippen molar-refractivity contribution in [3.05, 3.63) is 59.9 Å². The monoisotopic (exact) mass is 453 g/mol. The first kappa shape index (κ1) is 19.7. The summed E-state index contributed by atoms with van der Waals surface area (Å²) in [6.45, 7) is 3.90. The molecular formula is C24H19N7OS. The number of rotatable bonds is 4. The Morgan fingerprint density at radius 1 is 1.12 bits per heavy atom. The van der Waals surface area contributed by atoms with Gasteiger partial charge in [0.25, 0.3) is 0 Å². The molecule has 0 bridgehead atoms. The number of H-pyrrole nitrogens is 1. The summed E-state index contributed by atoms with van der Waals surface area (Å²) in [5, 5.41) is 21.9. The molecule has 1 aliphatic heterocycles. The largest absolute Gasteiger partial charge is 0.463 e. The quantitative estimate of drug-likeness (QED) is 0.418. The van der Waals surface area contributed by atoms with Crippen LogP contribution in [0.1, 0.15) is 5.56 Å². The minimum absolute atomic E-state index is 0.496. The van der Waals surface area contributed by atoms with Gasteiger partial charge in [0.2, 0.25) is 0 Å². The molecule has 5 aromatic rings. The van der Waals surface area contributed by atoms with Crippen LogP contribution in [0.2, 0.25) is 0 Å². The maximum Gasteiger partial charge on any atom is 0.182 e. The van der Waals surface area contributed by atoms with Gasteiger partial charge in [-0.25, -0.2) is 4.98 Å². The second kappa shape index (κ2) is 8.16. The lowest BCUT2D eigenvalue weighted by Crippen LogP contribution is -2.43. The first-order valence-corrected chi connectivity index (χ1v) is 11.5. The molecule has 1 saturated heterocycles. The van der Waals surface area contributed by atoms with Gasteiger partial charge in [-0.05, 0) is 29.8 Å². The number of fused-ring (bicyclic) bond motifs is 1. The Hall–Kier alpha value is -4.00. The number of nitriles is 1. The Bertz CT molecular complexity index is 1440. The first-order chi connectivity index (χ1) is 16.3. The lowest BCUT2D eigenvalue weighted by atomic mass is 9.94. The van der Waals surface area contributed by atoms with E-state index in [0.29, 0.717) is 28.4 Å². The number of anilines is 1. The van der Waals surface area contributed by atoms with Crippen molar-refractivity contribution in [2.75, 3.05) is 31.1 Å². The molecule has 1 aliphatic rings. The summed E-state index contributed by atoms with van der Waals surface area (Å²) in [5.41, 5.74) is 6.95. The van der Waals surface area contributed by atoms with Crippen LogP contribution in [-0.2, 0) is 0 Å². The van der Waals surface area contributed by atoms with E-state index in [0.717, 1.165) is 47.6 Å². The van der Waals surface area contributed by atoms with Crippen molar-refractivity contribution in [1.29, 1.82) is 5.26 Å². The maximum atomic E-state index is 10.3. The van der Waals surface area contributed by atoms with E-state index in [1.54, 1.807) is 18.0 Å². The number of nitrogens with one attached hydrogen (secondary N) is 2. The van der Waals surface area contributed by atoms with Gasteiger partial charge in [0, 0.05) is 43.6 Å². The van der Waals surface area contributed by atoms with Crippen molar-refractivity contribution in [2.24, 2.45) is 0 Å². The van der Waals surface area contributed by atoms with Crippen molar-refractivity contribution in [2.45, 2.75) is 0 Å². The molecule has 2 N–H and O–H groups in total. The smallest absolute Gasteiger partial charge is 0.182 e. The predicted molar refractivity (Wildman–Crippen MR) is 128 cm³/mol. The van der Waals surface area contributed by atoms with Crippen LogP contribution in [0, 0.1) is 11.3 Å². The van der Waals surface area contributed by atoms with Crippen molar-refractivity contribution >= 4 is 28.1 Å². The third kappa shape index (κ3) is 3.36. The summed E-state index contributed by atoms with van der Waals surface area (Å²) >= 11 is 1.45. The van der Waals surface area contributed by atoms with Crippen LogP contribution in [0.5, 0.6) is 0 Å². The maximum absolute atomic E-state index is 10.3. The molecule has 4 aromatic heterocycles. The zero-order valence-electron chi connectivity index (χ0n) is 17.6. The van der Waals surface area contributed by atoms with Crippen molar-refractivity contribution in [1.82, 2.24) is 25.5 Å². The van der Waals surface area contributed by atoms with Gasteiger partial charge in [-0.15, -0.1) is 11.3 Å². The minimum atomic E-state index is 0.496. The van der Waals surface area contributed by atoms with Crippen LogP contribution >= 0.6 is 11.3 Å². The predicted octanol–water partition coefficient (Wildman–Crippen LogP) is 4.29. The van der Waals surface area contributed by atoms with Gasteiger partial charge < -0.3 is 14.6 Å². The number of pyridine rings is 1. The van der Waals surface area contributed by atoms with Crippen LogP contribution in [0.3, 0.4) is 0 Å². The van der Waals surface area contributed by atoms with E-state index in [1.165, 1.54) is 17.0 Å². The molecule has 0 unspecified atom stereocenters. The van der Waals surface area contributed by atoms with Gasteiger partial charge in [0.1, 0.15) is 17.5 Å². The average molecular weight is 454 g/mol. The number of hydrogen-bond acceptors (Lipinski definition) is 8. The molecular weight excluding hydrogens is 434 g/mol. The summed E-state index contributed by atoms with van der Waals surface area (Å²) in [5.74, 6) is 0.646. The Kier molecular flexibility index (Phi) is 4.87. The summed E-state index contributed by atoms with van der Waals surface area (Å²) in [6, 6.07) is 14.5. The van der Waals surface area contributed by atoms with Gasteiger partial charge >= 0.3 is 0 Å². The second-order valence-corrected chi connectivity index (χ2v) is 8.63. The van der Waals surface area contributed by atoms with Gasteiger partial charge in [0.15, 0.2) is 11.4 Å². The third-order valence-electron chi connectivity index (χ3n) is 5.88. The molecule has 0 aliphatic carbocycles. The number of thiazole rings is 1. The Balaban J connectivity index is 1.59. The van der Waals surface area contributed by atoms with Gasteiger partial charge in [-0.2, -0.15) is 10.4 Å². The van der Waals surface area contributed by atoms with E-state index >= 15 is 0 Å². The van der Waals surface area contributed by atoms with Gasteiger partial charge in [-0.1, -0.05) is 12.1 Å². The van der Waals surface area contributed by atoms with Crippen LogP contribution in [0.4, 0.5) is 5.69 Å². The number of furan rings is 1. The standard InChI is InChI=1S/C24H19N7OS/c25-12-17-20(15-3-5-16(6-4-15)31-9-7-26-8-10-31)21-23(18-2-1-11-32-18)29-30-24(21)28-22(17)19-13-27-14-33-19/h1-6,11,13-14,26H,7-10H2,(H,28,29,30). The van der Waals surface area contributed by atoms with Crippen molar-refractivity contribution in [3.8, 4) is 39.2 Å². The number of benzene rings is 1. The number of aromatic amines is 1. The number of aromatic nitrogens is 4.